The second-order valence-corrected chi connectivity index (χ2v) is 8.17. The Morgan fingerprint density at radius 1 is 1.00 bits per heavy atom. The molecule has 1 atom stereocenters. The summed E-state index contributed by atoms with van der Waals surface area (Å²) in [5.74, 6) is -1.56. The minimum absolute atomic E-state index is 0.0602. The van der Waals surface area contributed by atoms with Crippen molar-refractivity contribution in [3.05, 3.63) is 74.1 Å². The lowest BCUT2D eigenvalue weighted by Gasteiger charge is -2.38. The SMILES string of the molecule is O=C1CCCC2=C1C(c1c(F)cccc1Cl)CC(=O)N2c1cc(Cl)cc(Cl)c1. The fourth-order valence-electron chi connectivity index (χ4n) is 4.05. The van der Waals surface area contributed by atoms with Crippen LogP contribution in [-0.2, 0) is 9.59 Å². The van der Waals surface area contributed by atoms with Crippen LogP contribution in [-0.4, -0.2) is 11.7 Å². The van der Waals surface area contributed by atoms with Gasteiger partial charge < -0.3 is 0 Å². The molecule has 28 heavy (non-hydrogen) atoms. The molecule has 3 nitrogen and oxygen atoms in total. The number of amides is 1. The van der Waals surface area contributed by atoms with Gasteiger partial charge in [-0.1, -0.05) is 40.9 Å². The third-order valence-electron chi connectivity index (χ3n) is 5.13. The van der Waals surface area contributed by atoms with E-state index >= 15 is 0 Å². The molecule has 0 bridgehead atoms. The Kier molecular flexibility index (Phi) is 5.21. The number of nitrogens with zero attached hydrogens (tertiary/aromatic N) is 1. The van der Waals surface area contributed by atoms with E-state index in [1.807, 2.05) is 0 Å². The molecule has 0 N–H and O–H groups in total. The van der Waals surface area contributed by atoms with Crippen LogP contribution < -0.4 is 4.90 Å². The molecular weight excluding hydrogens is 424 g/mol. The summed E-state index contributed by atoms with van der Waals surface area (Å²) in [7, 11) is 0. The number of hydrogen-bond donors (Lipinski definition) is 0. The van der Waals surface area contributed by atoms with Crippen molar-refractivity contribution in [1.82, 2.24) is 0 Å². The first-order chi connectivity index (χ1) is 13.4. The van der Waals surface area contributed by atoms with Gasteiger partial charge in [-0.15, -0.1) is 0 Å². The van der Waals surface area contributed by atoms with E-state index in [0.717, 1.165) is 0 Å². The van der Waals surface area contributed by atoms with Crippen molar-refractivity contribution in [3.63, 3.8) is 0 Å². The van der Waals surface area contributed by atoms with Crippen molar-refractivity contribution in [2.24, 2.45) is 0 Å². The lowest BCUT2D eigenvalue weighted by Crippen LogP contribution is -2.40. The third kappa shape index (κ3) is 3.34. The molecule has 7 heteroatoms. The smallest absolute Gasteiger partial charge is 0.232 e. The van der Waals surface area contributed by atoms with Crippen LogP contribution in [0.15, 0.2) is 47.7 Å². The number of carbonyl (C=O) groups excluding carboxylic acids is 2. The van der Waals surface area contributed by atoms with Crippen molar-refractivity contribution >= 4 is 52.2 Å². The molecule has 1 amide bonds. The standard InChI is InChI=1S/C21H15Cl3FNO2/c22-11-7-12(23)9-13(8-11)26-17-5-2-6-18(27)21(17)14(10-19(26)28)20-15(24)3-1-4-16(20)25/h1,3-4,7-9,14H,2,5-6,10H2. The summed E-state index contributed by atoms with van der Waals surface area (Å²) in [5, 5.41) is 0.986. The maximum atomic E-state index is 14.6. The van der Waals surface area contributed by atoms with Crippen LogP contribution in [0.3, 0.4) is 0 Å². The van der Waals surface area contributed by atoms with Gasteiger partial charge in [0.2, 0.25) is 5.91 Å². The van der Waals surface area contributed by atoms with Crippen LogP contribution in [0.2, 0.25) is 15.1 Å². The summed E-state index contributed by atoms with van der Waals surface area (Å²) >= 11 is 18.5. The Hall–Kier alpha value is -1.88. The first-order valence-electron chi connectivity index (χ1n) is 8.86. The Morgan fingerprint density at radius 3 is 2.39 bits per heavy atom. The van der Waals surface area contributed by atoms with Crippen LogP contribution in [0, 0.1) is 5.82 Å². The normalized spacial score (nSPS) is 19.9. The summed E-state index contributed by atoms with van der Waals surface area (Å²) < 4.78 is 14.6. The molecule has 0 aromatic heterocycles. The summed E-state index contributed by atoms with van der Waals surface area (Å²) in [6.45, 7) is 0. The van der Waals surface area contributed by atoms with Gasteiger partial charge in [-0.2, -0.15) is 0 Å². The Balaban J connectivity index is 1.92. The zero-order chi connectivity index (χ0) is 20.0. The third-order valence-corrected chi connectivity index (χ3v) is 5.89. The van der Waals surface area contributed by atoms with Gasteiger partial charge in [0.05, 0.1) is 5.69 Å². The molecule has 1 heterocycles. The number of hydrogen-bond acceptors (Lipinski definition) is 2. The fourth-order valence-corrected chi connectivity index (χ4v) is 4.86. The molecule has 2 aromatic carbocycles. The van der Waals surface area contributed by atoms with Gasteiger partial charge in [0, 0.05) is 50.7 Å². The molecule has 2 aliphatic rings. The average Bonchev–Trinajstić information content (AvgIpc) is 2.60. The van der Waals surface area contributed by atoms with Crippen molar-refractivity contribution in [2.45, 2.75) is 31.6 Å². The highest BCUT2D eigenvalue weighted by Gasteiger charge is 2.41. The van der Waals surface area contributed by atoms with E-state index in [0.29, 0.717) is 46.3 Å². The minimum atomic E-state index is -0.699. The number of anilines is 1. The number of ketones is 1. The minimum Gasteiger partial charge on any atom is -0.294 e. The topological polar surface area (TPSA) is 37.4 Å². The number of allylic oxidation sites excluding steroid dienone is 2. The number of carbonyl (C=O) groups is 2. The van der Waals surface area contributed by atoms with Crippen LogP contribution in [0.1, 0.15) is 37.2 Å². The number of rotatable bonds is 2. The van der Waals surface area contributed by atoms with Gasteiger partial charge in [-0.25, -0.2) is 4.39 Å². The molecule has 144 valence electrons. The van der Waals surface area contributed by atoms with E-state index in [1.165, 1.54) is 17.0 Å². The van der Waals surface area contributed by atoms with E-state index in [9.17, 15) is 14.0 Å². The monoisotopic (exact) mass is 437 g/mol. The molecule has 0 saturated heterocycles. The predicted octanol–water partition coefficient (Wildman–Crippen LogP) is 6.31. The highest BCUT2D eigenvalue weighted by atomic mass is 35.5. The second kappa shape index (κ2) is 7.51. The summed E-state index contributed by atoms with van der Waals surface area (Å²) in [6, 6.07) is 9.20. The molecule has 0 radical (unpaired) electrons. The lowest BCUT2D eigenvalue weighted by molar-refractivity contribution is -0.119. The van der Waals surface area contributed by atoms with Gasteiger partial charge in [-0.05, 0) is 43.2 Å². The maximum Gasteiger partial charge on any atom is 0.232 e. The molecule has 2 aromatic rings. The van der Waals surface area contributed by atoms with E-state index in [1.54, 1.807) is 24.3 Å². The van der Waals surface area contributed by atoms with Crippen molar-refractivity contribution in [3.8, 4) is 0 Å². The van der Waals surface area contributed by atoms with Crippen molar-refractivity contribution in [2.75, 3.05) is 4.90 Å². The van der Waals surface area contributed by atoms with Gasteiger partial charge in [-0.3, -0.25) is 14.5 Å². The van der Waals surface area contributed by atoms with Crippen LogP contribution in [0.5, 0.6) is 0 Å². The zero-order valence-corrected chi connectivity index (χ0v) is 16.9. The van der Waals surface area contributed by atoms with Crippen LogP contribution >= 0.6 is 34.8 Å². The first kappa shape index (κ1) is 19.4. The van der Waals surface area contributed by atoms with Crippen molar-refractivity contribution in [1.29, 1.82) is 0 Å². The quantitative estimate of drug-likeness (QED) is 0.551. The molecule has 4 rings (SSSR count). The predicted molar refractivity (Wildman–Crippen MR) is 109 cm³/mol. The number of benzene rings is 2. The second-order valence-electron chi connectivity index (χ2n) is 6.89. The zero-order valence-electron chi connectivity index (χ0n) is 14.6. The highest BCUT2D eigenvalue weighted by molar-refractivity contribution is 6.35. The fraction of sp³-hybridized carbons (Fsp3) is 0.238. The van der Waals surface area contributed by atoms with Crippen molar-refractivity contribution < 1.29 is 14.0 Å². The van der Waals surface area contributed by atoms with Crippen LogP contribution in [0.4, 0.5) is 10.1 Å². The largest absolute Gasteiger partial charge is 0.294 e. The molecule has 1 aliphatic heterocycles. The Bertz CT molecular complexity index is 994. The Labute approximate surface area is 176 Å². The number of halogens is 4. The summed E-state index contributed by atoms with van der Waals surface area (Å²) in [4.78, 5) is 27.4. The first-order valence-corrected chi connectivity index (χ1v) is 9.99. The highest BCUT2D eigenvalue weighted by Crippen LogP contribution is 2.46. The summed E-state index contributed by atoms with van der Waals surface area (Å²) in [6.07, 6.45) is 1.45. The van der Waals surface area contributed by atoms with E-state index in [4.69, 9.17) is 34.8 Å². The van der Waals surface area contributed by atoms with Gasteiger partial charge >= 0.3 is 0 Å². The average molecular weight is 439 g/mol. The van der Waals surface area contributed by atoms with Gasteiger partial charge in [0.15, 0.2) is 5.78 Å². The molecule has 0 saturated carbocycles. The van der Waals surface area contributed by atoms with E-state index in [2.05, 4.69) is 0 Å². The molecule has 1 aliphatic carbocycles. The molecule has 0 spiro atoms. The van der Waals surface area contributed by atoms with E-state index in [-0.39, 0.29) is 28.7 Å². The molecular formula is C21H15Cl3FNO2. The summed E-state index contributed by atoms with van der Waals surface area (Å²) in [5.41, 5.74) is 1.73. The maximum absolute atomic E-state index is 14.6. The lowest BCUT2D eigenvalue weighted by atomic mass is 9.77. The van der Waals surface area contributed by atoms with Gasteiger partial charge in [0.25, 0.3) is 0 Å². The number of Topliss-reactive ketones (excluding diaryl/α,β-unsaturated/α-hetero) is 1. The van der Waals surface area contributed by atoms with Crippen LogP contribution in [0.25, 0.3) is 0 Å². The molecule has 1 unspecified atom stereocenters. The van der Waals surface area contributed by atoms with Gasteiger partial charge in [0.1, 0.15) is 5.82 Å². The van der Waals surface area contributed by atoms with E-state index < -0.39 is 11.7 Å². The molecule has 0 fully saturated rings. The Morgan fingerprint density at radius 2 is 1.71 bits per heavy atom.